The van der Waals surface area contributed by atoms with Crippen molar-refractivity contribution in [1.82, 2.24) is 14.9 Å². The molecule has 1 aliphatic heterocycles. The average molecular weight is 587 g/mol. The Morgan fingerprint density at radius 3 is 2.40 bits per heavy atom. The van der Waals surface area contributed by atoms with E-state index < -0.39 is 5.41 Å². The zero-order valence-electron chi connectivity index (χ0n) is 25.2. The van der Waals surface area contributed by atoms with Gasteiger partial charge >= 0.3 is 0 Å². The minimum atomic E-state index is -0.840. The zero-order valence-corrected chi connectivity index (χ0v) is 25.2. The standard InChI is InChI=1S/C34H39FN4O4/c1-34(2,25-7-9-26(35)10-8-25)33(40)38-27-11-5-24(6-12-27)32-28-19-30(42-4)31(20-29(28)36-22-37-32)43-21-23-13-15-39(16-14-23)17-18-41-3/h5-12,19-20,22-23H,13-18,21H2,1-4H3,(H,38,40). The Hall–Kier alpha value is -4.08. The van der Waals surface area contributed by atoms with E-state index in [2.05, 4.69) is 20.2 Å². The van der Waals surface area contributed by atoms with Crippen LogP contribution in [0.15, 0.2) is 67.0 Å². The van der Waals surface area contributed by atoms with Gasteiger partial charge in [0.05, 0.1) is 36.9 Å². The highest BCUT2D eigenvalue weighted by molar-refractivity contribution is 5.99. The lowest BCUT2D eigenvalue weighted by molar-refractivity contribution is -0.120. The number of aromatic nitrogens is 2. The number of ether oxygens (including phenoxy) is 3. The van der Waals surface area contributed by atoms with Crippen LogP contribution in [0.2, 0.25) is 0 Å². The lowest BCUT2D eigenvalue weighted by Crippen LogP contribution is -2.37. The molecule has 9 heteroatoms. The molecule has 0 radical (unpaired) electrons. The van der Waals surface area contributed by atoms with Gasteiger partial charge in [0, 0.05) is 36.4 Å². The predicted octanol–water partition coefficient (Wildman–Crippen LogP) is 6.10. The largest absolute Gasteiger partial charge is 0.493 e. The van der Waals surface area contributed by atoms with Crippen LogP contribution in [0.4, 0.5) is 10.1 Å². The summed E-state index contributed by atoms with van der Waals surface area (Å²) < 4.78 is 30.6. The third kappa shape index (κ3) is 7.12. The van der Waals surface area contributed by atoms with Gasteiger partial charge in [0.25, 0.3) is 0 Å². The van der Waals surface area contributed by atoms with Crippen LogP contribution >= 0.6 is 0 Å². The molecule has 1 saturated heterocycles. The van der Waals surface area contributed by atoms with Crippen molar-refractivity contribution in [2.24, 2.45) is 5.92 Å². The van der Waals surface area contributed by atoms with E-state index in [-0.39, 0.29) is 11.7 Å². The van der Waals surface area contributed by atoms with Gasteiger partial charge in [-0.05, 0) is 81.6 Å². The number of carbonyl (C=O) groups excluding carboxylic acids is 1. The van der Waals surface area contributed by atoms with Crippen LogP contribution in [0.3, 0.4) is 0 Å². The molecule has 4 aromatic rings. The van der Waals surface area contributed by atoms with Crippen molar-refractivity contribution in [3.63, 3.8) is 0 Å². The second-order valence-corrected chi connectivity index (χ2v) is 11.5. The van der Waals surface area contributed by atoms with Crippen molar-refractivity contribution in [3.8, 4) is 22.8 Å². The minimum Gasteiger partial charge on any atom is -0.493 e. The quantitative estimate of drug-likeness (QED) is 0.227. The zero-order chi connectivity index (χ0) is 30.4. The number of hydrogen-bond acceptors (Lipinski definition) is 7. The molecular weight excluding hydrogens is 547 g/mol. The molecule has 0 unspecified atom stereocenters. The fourth-order valence-corrected chi connectivity index (χ4v) is 5.37. The Balaban J connectivity index is 1.28. The van der Waals surface area contributed by atoms with Gasteiger partial charge in [0.2, 0.25) is 5.91 Å². The topological polar surface area (TPSA) is 85.8 Å². The minimum absolute atomic E-state index is 0.187. The van der Waals surface area contributed by atoms with Crippen LogP contribution < -0.4 is 14.8 Å². The van der Waals surface area contributed by atoms with E-state index in [9.17, 15) is 9.18 Å². The van der Waals surface area contributed by atoms with Crippen LogP contribution in [-0.4, -0.2) is 67.8 Å². The number of amides is 1. The Labute approximate surface area is 252 Å². The molecule has 43 heavy (non-hydrogen) atoms. The molecule has 0 aliphatic carbocycles. The highest BCUT2D eigenvalue weighted by Crippen LogP contribution is 2.36. The molecule has 1 amide bonds. The lowest BCUT2D eigenvalue weighted by Gasteiger charge is -2.31. The third-order valence-electron chi connectivity index (χ3n) is 8.26. The molecular formula is C34H39FN4O4. The number of hydrogen-bond donors (Lipinski definition) is 1. The second kappa shape index (κ2) is 13.5. The fourth-order valence-electron chi connectivity index (χ4n) is 5.37. The highest BCUT2D eigenvalue weighted by atomic mass is 19.1. The van der Waals surface area contributed by atoms with Gasteiger partial charge in [-0.15, -0.1) is 0 Å². The van der Waals surface area contributed by atoms with Gasteiger partial charge in [0.15, 0.2) is 11.5 Å². The van der Waals surface area contributed by atoms with Crippen molar-refractivity contribution >= 4 is 22.5 Å². The van der Waals surface area contributed by atoms with E-state index in [0.717, 1.165) is 66.8 Å². The molecule has 3 aromatic carbocycles. The number of halogens is 1. The molecule has 1 fully saturated rings. The number of anilines is 1. The average Bonchev–Trinajstić information content (AvgIpc) is 3.03. The molecule has 1 aromatic heterocycles. The number of nitrogens with zero attached hydrogens (tertiary/aromatic N) is 3. The summed E-state index contributed by atoms with van der Waals surface area (Å²) in [6, 6.07) is 17.4. The molecule has 1 aliphatic rings. The van der Waals surface area contributed by atoms with Gasteiger partial charge in [0.1, 0.15) is 12.1 Å². The maximum absolute atomic E-state index is 13.4. The van der Waals surface area contributed by atoms with Crippen LogP contribution in [0, 0.1) is 11.7 Å². The first kappa shape index (κ1) is 30.4. The van der Waals surface area contributed by atoms with Crippen LogP contribution in [0.5, 0.6) is 11.5 Å². The van der Waals surface area contributed by atoms with E-state index in [0.29, 0.717) is 29.7 Å². The molecule has 8 nitrogen and oxygen atoms in total. The first-order valence-electron chi connectivity index (χ1n) is 14.6. The molecule has 2 heterocycles. The summed E-state index contributed by atoms with van der Waals surface area (Å²) in [5, 5.41) is 3.82. The summed E-state index contributed by atoms with van der Waals surface area (Å²) in [7, 11) is 3.38. The molecule has 226 valence electrons. The van der Waals surface area contributed by atoms with Gasteiger partial charge in [-0.3, -0.25) is 4.79 Å². The van der Waals surface area contributed by atoms with Crippen LogP contribution in [-0.2, 0) is 14.9 Å². The fraction of sp³-hybridized carbons (Fsp3) is 0.382. The first-order chi connectivity index (χ1) is 20.8. The SMILES string of the molecule is COCCN1CCC(COc2cc3ncnc(-c4ccc(NC(=O)C(C)(C)c5ccc(F)cc5)cc4)c3cc2OC)CC1. The van der Waals surface area contributed by atoms with E-state index in [1.165, 1.54) is 12.1 Å². The molecule has 0 saturated carbocycles. The number of piperidine rings is 1. The van der Waals surface area contributed by atoms with Crippen LogP contribution in [0.25, 0.3) is 22.2 Å². The summed E-state index contributed by atoms with van der Waals surface area (Å²) in [5.41, 5.74) is 2.93. The van der Waals surface area contributed by atoms with Crippen molar-refractivity contribution < 1.29 is 23.4 Å². The smallest absolute Gasteiger partial charge is 0.234 e. The summed E-state index contributed by atoms with van der Waals surface area (Å²) >= 11 is 0. The molecule has 0 atom stereocenters. The van der Waals surface area contributed by atoms with Gasteiger partial charge in [-0.25, -0.2) is 14.4 Å². The number of nitrogens with one attached hydrogen (secondary N) is 1. The number of fused-ring (bicyclic) bond motifs is 1. The predicted molar refractivity (Wildman–Crippen MR) is 166 cm³/mol. The highest BCUT2D eigenvalue weighted by Gasteiger charge is 2.30. The number of rotatable bonds is 11. The molecule has 0 spiro atoms. The summed E-state index contributed by atoms with van der Waals surface area (Å²) in [5.74, 6) is 1.27. The normalized spacial score (nSPS) is 14.5. The number of carbonyl (C=O) groups is 1. The van der Waals surface area contributed by atoms with Crippen LogP contribution in [0.1, 0.15) is 32.3 Å². The van der Waals surface area contributed by atoms with Crippen molar-refractivity contribution in [2.45, 2.75) is 32.1 Å². The maximum Gasteiger partial charge on any atom is 0.234 e. The first-order valence-corrected chi connectivity index (χ1v) is 14.6. The monoisotopic (exact) mass is 586 g/mol. The van der Waals surface area contributed by atoms with E-state index >= 15 is 0 Å². The van der Waals surface area contributed by atoms with Gasteiger partial charge in [-0.1, -0.05) is 24.3 Å². The summed E-state index contributed by atoms with van der Waals surface area (Å²) in [6.45, 7) is 8.09. The third-order valence-corrected chi connectivity index (χ3v) is 8.26. The Morgan fingerprint density at radius 1 is 1.00 bits per heavy atom. The van der Waals surface area contributed by atoms with Crippen molar-refractivity contribution in [2.75, 3.05) is 52.4 Å². The molecule has 0 bridgehead atoms. The van der Waals surface area contributed by atoms with Crippen molar-refractivity contribution in [1.29, 1.82) is 0 Å². The van der Waals surface area contributed by atoms with E-state index in [4.69, 9.17) is 14.2 Å². The van der Waals surface area contributed by atoms with Gasteiger partial charge in [-0.2, -0.15) is 0 Å². The lowest BCUT2D eigenvalue weighted by atomic mass is 9.83. The van der Waals surface area contributed by atoms with Crippen molar-refractivity contribution in [3.05, 3.63) is 78.4 Å². The number of methoxy groups -OCH3 is 2. The Kier molecular flexibility index (Phi) is 9.52. The number of benzene rings is 3. The Morgan fingerprint density at radius 2 is 1.72 bits per heavy atom. The molecule has 1 N–H and O–H groups in total. The van der Waals surface area contributed by atoms with Gasteiger partial charge < -0.3 is 24.4 Å². The summed E-state index contributed by atoms with van der Waals surface area (Å²) in [4.78, 5) is 24.6. The second-order valence-electron chi connectivity index (χ2n) is 11.5. The maximum atomic E-state index is 13.4. The Bertz CT molecular complexity index is 1540. The number of likely N-dealkylation sites (tertiary alicyclic amines) is 1. The molecule has 5 rings (SSSR count). The van der Waals surface area contributed by atoms with E-state index in [1.807, 2.05) is 50.2 Å². The summed E-state index contributed by atoms with van der Waals surface area (Å²) in [6.07, 6.45) is 3.72. The van der Waals surface area contributed by atoms with E-state index in [1.54, 1.807) is 32.7 Å².